The Morgan fingerprint density at radius 1 is 1.11 bits per heavy atom. The number of thioether (sulfide) groups is 1. The summed E-state index contributed by atoms with van der Waals surface area (Å²) >= 11 is 1.18. The second kappa shape index (κ2) is 8.79. The second-order valence-corrected chi connectivity index (χ2v) is 7.02. The Balaban J connectivity index is 1.65. The number of aromatic nitrogens is 2. The Kier molecular flexibility index (Phi) is 6.20. The molecule has 0 aliphatic heterocycles. The lowest BCUT2D eigenvalue weighted by Gasteiger charge is -2.08. The molecule has 3 aromatic rings. The molecule has 146 valence electrons. The molecule has 3 rings (SSSR count). The van der Waals surface area contributed by atoms with Crippen molar-refractivity contribution in [2.24, 2.45) is 0 Å². The average molecular weight is 399 g/mol. The molecule has 0 fully saturated rings. The van der Waals surface area contributed by atoms with Crippen molar-refractivity contribution in [2.45, 2.75) is 19.1 Å². The molecule has 0 bridgehead atoms. The number of carbonyl (C=O) groups is 1. The van der Waals surface area contributed by atoms with Crippen molar-refractivity contribution in [2.75, 3.05) is 25.3 Å². The lowest BCUT2D eigenvalue weighted by molar-refractivity contribution is -0.113. The van der Waals surface area contributed by atoms with Crippen LogP contribution < -0.4 is 14.8 Å². The van der Waals surface area contributed by atoms with Gasteiger partial charge >= 0.3 is 0 Å². The van der Waals surface area contributed by atoms with Gasteiger partial charge in [0.1, 0.15) is 11.5 Å². The average Bonchev–Trinajstić information content (AvgIpc) is 3.17. The lowest BCUT2D eigenvalue weighted by atomic mass is 10.1. The number of benzene rings is 2. The molecular formula is C20H21N3O4S. The normalized spacial score (nSPS) is 10.6. The molecule has 1 amide bonds. The molecule has 0 atom stereocenters. The summed E-state index contributed by atoms with van der Waals surface area (Å²) in [6, 6.07) is 11.2. The highest BCUT2D eigenvalue weighted by atomic mass is 32.2. The molecule has 0 saturated heterocycles. The Bertz CT molecular complexity index is 987. The summed E-state index contributed by atoms with van der Waals surface area (Å²) in [6.45, 7) is 3.94. The summed E-state index contributed by atoms with van der Waals surface area (Å²) < 4.78 is 16.2. The smallest absolute Gasteiger partial charge is 0.277 e. The van der Waals surface area contributed by atoms with Crippen LogP contribution in [0.5, 0.6) is 11.5 Å². The Morgan fingerprint density at radius 2 is 1.93 bits per heavy atom. The fourth-order valence-electron chi connectivity index (χ4n) is 2.54. The van der Waals surface area contributed by atoms with E-state index in [4.69, 9.17) is 13.9 Å². The summed E-state index contributed by atoms with van der Waals surface area (Å²) in [7, 11) is 3.14. The fourth-order valence-corrected chi connectivity index (χ4v) is 3.10. The molecular weight excluding hydrogens is 378 g/mol. The van der Waals surface area contributed by atoms with Crippen LogP contribution in [0.1, 0.15) is 11.1 Å². The number of nitrogens with one attached hydrogen (secondary N) is 1. The molecule has 1 heterocycles. The number of hydrogen-bond acceptors (Lipinski definition) is 7. The molecule has 7 nitrogen and oxygen atoms in total. The fraction of sp³-hybridized carbons (Fsp3) is 0.250. The van der Waals surface area contributed by atoms with Gasteiger partial charge in [-0.05, 0) is 43.2 Å². The predicted octanol–water partition coefficient (Wildman–Crippen LogP) is 4.10. The highest BCUT2D eigenvalue weighted by molar-refractivity contribution is 7.99. The third-order valence-corrected chi connectivity index (χ3v) is 4.86. The molecule has 1 N–H and O–H groups in total. The summed E-state index contributed by atoms with van der Waals surface area (Å²) in [4.78, 5) is 12.2. The van der Waals surface area contributed by atoms with Crippen molar-refractivity contribution in [3.8, 4) is 23.0 Å². The molecule has 8 heteroatoms. The van der Waals surface area contributed by atoms with Crippen molar-refractivity contribution in [3.05, 3.63) is 47.5 Å². The molecule has 0 aliphatic carbocycles. The minimum Gasteiger partial charge on any atom is -0.497 e. The first-order valence-corrected chi connectivity index (χ1v) is 9.54. The van der Waals surface area contributed by atoms with Gasteiger partial charge in [-0.25, -0.2) is 0 Å². The van der Waals surface area contributed by atoms with Crippen molar-refractivity contribution in [1.82, 2.24) is 10.2 Å². The van der Waals surface area contributed by atoms with E-state index in [0.29, 0.717) is 28.2 Å². The maximum atomic E-state index is 12.2. The number of carbonyl (C=O) groups excluding carboxylic acids is 1. The van der Waals surface area contributed by atoms with Crippen LogP contribution in [0, 0.1) is 13.8 Å². The third-order valence-electron chi connectivity index (χ3n) is 4.04. The number of ether oxygens (including phenoxy) is 2. The van der Waals surface area contributed by atoms with Crippen molar-refractivity contribution in [1.29, 1.82) is 0 Å². The molecule has 28 heavy (non-hydrogen) atoms. The van der Waals surface area contributed by atoms with E-state index < -0.39 is 0 Å². The highest BCUT2D eigenvalue weighted by Crippen LogP contribution is 2.33. The van der Waals surface area contributed by atoms with Crippen LogP contribution in [0.15, 0.2) is 46.0 Å². The first kappa shape index (κ1) is 19.8. The molecule has 0 spiro atoms. The number of methoxy groups -OCH3 is 2. The predicted molar refractivity (Wildman–Crippen MR) is 108 cm³/mol. The van der Waals surface area contributed by atoms with Gasteiger partial charge in [-0.3, -0.25) is 4.79 Å². The zero-order valence-electron chi connectivity index (χ0n) is 16.1. The van der Waals surface area contributed by atoms with Crippen LogP contribution in [0.3, 0.4) is 0 Å². The van der Waals surface area contributed by atoms with Gasteiger partial charge in [0.15, 0.2) is 0 Å². The van der Waals surface area contributed by atoms with Crippen molar-refractivity contribution in [3.63, 3.8) is 0 Å². The van der Waals surface area contributed by atoms with Crippen LogP contribution in [0.2, 0.25) is 0 Å². The molecule has 0 radical (unpaired) electrons. The van der Waals surface area contributed by atoms with E-state index in [1.165, 1.54) is 11.8 Å². The Labute approximate surface area is 167 Å². The van der Waals surface area contributed by atoms with E-state index in [1.807, 2.05) is 32.0 Å². The van der Waals surface area contributed by atoms with Crippen molar-refractivity contribution < 1.29 is 18.7 Å². The Morgan fingerprint density at radius 3 is 2.68 bits per heavy atom. The van der Waals surface area contributed by atoms with Crippen molar-refractivity contribution >= 4 is 23.4 Å². The first-order chi connectivity index (χ1) is 13.5. The first-order valence-electron chi connectivity index (χ1n) is 8.56. The summed E-state index contributed by atoms with van der Waals surface area (Å²) in [5, 5.41) is 11.3. The van der Waals surface area contributed by atoms with E-state index in [0.717, 1.165) is 16.8 Å². The zero-order valence-corrected chi connectivity index (χ0v) is 16.9. The SMILES string of the molecule is COc1ccc(-c2nnc(SCC(=O)Nc3cc(C)ccc3C)o2)c(OC)c1. The summed E-state index contributed by atoms with van der Waals surface area (Å²) in [5.74, 6) is 1.57. The van der Waals surface area contributed by atoms with Crippen LogP contribution in [0.4, 0.5) is 5.69 Å². The maximum Gasteiger partial charge on any atom is 0.277 e. The van der Waals surface area contributed by atoms with Gasteiger partial charge in [0.2, 0.25) is 5.91 Å². The number of aryl methyl sites for hydroxylation is 2. The third kappa shape index (κ3) is 4.64. The largest absolute Gasteiger partial charge is 0.497 e. The van der Waals surface area contributed by atoms with Gasteiger partial charge in [-0.15, -0.1) is 10.2 Å². The Hall–Kier alpha value is -3.00. The quantitative estimate of drug-likeness (QED) is 0.599. The van der Waals surface area contributed by atoms with Gasteiger partial charge in [0.25, 0.3) is 11.1 Å². The number of hydrogen-bond donors (Lipinski definition) is 1. The lowest BCUT2D eigenvalue weighted by Crippen LogP contribution is -2.14. The second-order valence-electron chi connectivity index (χ2n) is 6.09. The number of anilines is 1. The van der Waals surface area contributed by atoms with Gasteiger partial charge < -0.3 is 19.2 Å². The highest BCUT2D eigenvalue weighted by Gasteiger charge is 2.16. The topological polar surface area (TPSA) is 86.5 Å². The number of rotatable bonds is 7. The van der Waals surface area contributed by atoms with Crippen LogP contribution in [-0.4, -0.2) is 36.1 Å². The summed E-state index contributed by atoms with van der Waals surface area (Å²) in [5.41, 5.74) is 3.56. The van der Waals surface area contributed by atoms with E-state index in [1.54, 1.807) is 32.4 Å². The molecule has 0 aliphatic rings. The number of nitrogens with zero attached hydrogens (tertiary/aromatic N) is 2. The van der Waals surface area contributed by atoms with E-state index in [2.05, 4.69) is 15.5 Å². The molecule has 2 aromatic carbocycles. The maximum absolute atomic E-state index is 12.2. The standard InChI is InChI=1S/C20H21N3O4S/c1-12-5-6-13(2)16(9-12)21-18(24)11-28-20-23-22-19(27-20)15-8-7-14(25-3)10-17(15)26-4/h5-10H,11H2,1-4H3,(H,21,24). The van der Waals surface area contributed by atoms with Gasteiger partial charge in [0.05, 0.1) is 25.5 Å². The molecule has 0 saturated carbocycles. The van der Waals surface area contributed by atoms with Gasteiger partial charge in [-0.2, -0.15) is 0 Å². The number of amides is 1. The van der Waals surface area contributed by atoms with Crippen LogP contribution in [-0.2, 0) is 4.79 Å². The molecule has 1 aromatic heterocycles. The van der Waals surface area contributed by atoms with Crippen LogP contribution in [0.25, 0.3) is 11.5 Å². The monoisotopic (exact) mass is 399 g/mol. The molecule has 0 unspecified atom stereocenters. The van der Waals surface area contributed by atoms with E-state index in [9.17, 15) is 4.79 Å². The minimum atomic E-state index is -0.138. The van der Waals surface area contributed by atoms with Crippen LogP contribution >= 0.6 is 11.8 Å². The van der Waals surface area contributed by atoms with E-state index >= 15 is 0 Å². The minimum absolute atomic E-state index is 0.138. The zero-order chi connectivity index (χ0) is 20.1. The summed E-state index contributed by atoms with van der Waals surface area (Å²) in [6.07, 6.45) is 0. The van der Waals surface area contributed by atoms with Gasteiger partial charge in [0, 0.05) is 11.8 Å². The van der Waals surface area contributed by atoms with Gasteiger partial charge in [-0.1, -0.05) is 23.9 Å². The van der Waals surface area contributed by atoms with E-state index in [-0.39, 0.29) is 11.7 Å².